The molecule has 7 nitrogen and oxygen atoms in total. The van der Waals surface area contributed by atoms with Crippen LogP contribution in [0.3, 0.4) is 0 Å². The number of nitrogens with one attached hydrogen (secondary N) is 2. The zero-order chi connectivity index (χ0) is 18.7. The molecule has 1 saturated heterocycles. The van der Waals surface area contributed by atoms with Crippen LogP contribution >= 0.6 is 11.6 Å². The zero-order valence-corrected chi connectivity index (χ0v) is 14.9. The quantitative estimate of drug-likeness (QED) is 0.851. The van der Waals surface area contributed by atoms with E-state index < -0.39 is 11.8 Å². The SMILES string of the molecule is Cc1oc(CNC(=O)Nc2cccc(Cl)c2F)nc1C(=O)N1CCCC1. The highest BCUT2D eigenvalue weighted by atomic mass is 35.5. The van der Waals surface area contributed by atoms with Crippen molar-refractivity contribution in [1.29, 1.82) is 0 Å². The molecule has 9 heteroatoms. The van der Waals surface area contributed by atoms with Gasteiger partial charge in [0.25, 0.3) is 5.91 Å². The van der Waals surface area contributed by atoms with Gasteiger partial charge < -0.3 is 20.0 Å². The molecule has 26 heavy (non-hydrogen) atoms. The van der Waals surface area contributed by atoms with Crippen LogP contribution in [0.5, 0.6) is 0 Å². The molecule has 2 heterocycles. The summed E-state index contributed by atoms with van der Waals surface area (Å²) in [6.45, 7) is 3.04. The lowest BCUT2D eigenvalue weighted by Crippen LogP contribution is -2.29. The maximum Gasteiger partial charge on any atom is 0.319 e. The molecule has 0 spiro atoms. The summed E-state index contributed by atoms with van der Waals surface area (Å²) in [7, 11) is 0. The van der Waals surface area contributed by atoms with Gasteiger partial charge in [0.1, 0.15) is 5.76 Å². The van der Waals surface area contributed by atoms with Crippen LogP contribution in [0.4, 0.5) is 14.9 Å². The number of hydrogen-bond acceptors (Lipinski definition) is 4. The van der Waals surface area contributed by atoms with Crippen LogP contribution in [0.15, 0.2) is 22.6 Å². The Kier molecular flexibility index (Phi) is 5.41. The Hall–Kier alpha value is -2.61. The van der Waals surface area contributed by atoms with E-state index in [0.717, 1.165) is 12.8 Å². The monoisotopic (exact) mass is 380 g/mol. The van der Waals surface area contributed by atoms with Crippen molar-refractivity contribution < 1.29 is 18.4 Å². The molecule has 0 bridgehead atoms. The summed E-state index contributed by atoms with van der Waals surface area (Å²) in [5.74, 6) is -0.276. The van der Waals surface area contributed by atoms with Gasteiger partial charge in [-0.1, -0.05) is 17.7 Å². The molecule has 3 amide bonds. The van der Waals surface area contributed by atoms with Crippen molar-refractivity contribution in [3.8, 4) is 0 Å². The van der Waals surface area contributed by atoms with Gasteiger partial charge in [0.05, 0.1) is 17.3 Å². The number of aryl methyl sites for hydroxylation is 1. The molecule has 0 aliphatic carbocycles. The number of benzene rings is 1. The van der Waals surface area contributed by atoms with E-state index in [2.05, 4.69) is 15.6 Å². The summed E-state index contributed by atoms with van der Waals surface area (Å²) >= 11 is 5.67. The molecule has 3 rings (SSSR count). The second-order valence-electron chi connectivity index (χ2n) is 5.92. The van der Waals surface area contributed by atoms with Crippen LogP contribution in [0.25, 0.3) is 0 Å². The van der Waals surface area contributed by atoms with Gasteiger partial charge in [-0.25, -0.2) is 14.2 Å². The Bertz CT molecular complexity index is 833. The van der Waals surface area contributed by atoms with Crippen molar-refractivity contribution in [1.82, 2.24) is 15.2 Å². The second kappa shape index (κ2) is 7.74. The largest absolute Gasteiger partial charge is 0.443 e. The molecule has 1 aromatic heterocycles. The van der Waals surface area contributed by atoms with Crippen LogP contribution in [-0.4, -0.2) is 34.9 Å². The topological polar surface area (TPSA) is 87.5 Å². The summed E-state index contributed by atoms with van der Waals surface area (Å²) in [5, 5.41) is 4.77. The van der Waals surface area contributed by atoms with Crippen molar-refractivity contribution in [2.24, 2.45) is 0 Å². The van der Waals surface area contributed by atoms with E-state index in [-0.39, 0.29) is 34.7 Å². The molecular formula is C17H18ClFN4O3. The fourth-order valence-electron chi connectivity index (χ4n) is 2.72. The molecule has 2 N–H and O–H groups in total. The molecule has 0 radical (unpaired) electrons. The van der Waals surface area contributed by atoms with E-state index in [0.29, 0.717) is 18.8 Å². The minimum atomic E-state index is -0.713. The Morgan fingerprint density at radius 1 is 1.35 bits per heavy atom. The summed E-state index contributed by atoms with van der Waals surface area (Å²) < 4.78 is 19.2. The highest BCUT2D eigenvalue weighted by molar-refractivity contribution is 6.31. The number of anilines is 1. The average Bonchev–Trinajstić information content (AvgIpc) is 3.26. The van der Waals surface area contributed by atoms with Crippen LogP contribution in [0.1, 0.15) is 35.0 Å². The normalized spacial score (nSPS) is 13.7. The minimum Gasteiger partial charge on any atom is -0.443 e. The third-order valence-corrected chi connectivity index (χ3v) is 4.33. The standard InChI is InChI=1S/C17H18ClFN4O3/c1-10-15(16(24)23-7-2-3-8-23)22-13(26-10)9-20-17(25)21-12-6-4-5-11(18)14(12)19/h4-6H,2-3,7-9H2,1H3,(H2,20,21,25). The molecule has 0 unspecified atom stereocenters. The second-order valence-corrected chi connectivity index (χ2v) is 6.33. The van der Waals surface area contributed by atoms with E-state index in [1.807, 2.05) is 0 Å². The average molecular weight is 381 g/mol. The smallest absolute Gasteiger partial charge is 0.319 e. The summed E-state index contributed by atoms with van der Waals surface area (Å²) in [6, 6.07) is 3.65. The Morgan fingerprint density at radius 2 is 2.08 bits per heavy atom. The van der Waals surface area contributed by atoms with Crippen molar-refractivity contribution in [3.05, 3.63) is 46.4 Å². The highest BCUT2D eigenvalue weighted by Gasteiger charge is 2.25. The molecule has 1 aliphatic rings. The van der Waals surface area contributed by atoms with Crippen LogP contribution in [0, 0.1) is 12.7 Å². The molecular weight excluding hydrogens is 363 g/mol. The van der Waals surface area contributed by atoms with Gasteiger partial charge in [-0.3, -0.25) is 4.79 Å². The number of hydrogen-bond donors (Lipinski definition) is 2. The van der Waals surface area contributed by atoms with Crippen LogP contribution < -0.4 is 10.6 Å². The molecule has 1 fully saturated rings. The number of oxazole rings is 1. The number of carbonyl (C=O) groups is 2. The first-order valence-corrected chi connectivity index (χ1v) is 8.58. The molecule has 1 aromatic carbocycles. The van der Waals surface area contributed by atoms with Crippen molar-refractivity contribution in [3.63, 3.8) is 0 Å². The van der Waals surface area contributed by atoms with Gasteiger partial charge in [-0.2, -0.15) is 0 Å². The zero-order valence-electron chi connectivity index (χ0n) is 14.1. The third kappa shape index (κ3) is 3.96. The molecule has 2 aromatic rings. The van der Waals surface area contributed by atoms with Gasteiger partial charge in [-0.15, -0.1) is 0 Å². The van der Waals surface area contributed by atoms with E-state index in [4.69, 9.17) is 16.0 Å². The number of nitrogens with zero attached hydrogens (tertiary/aromatic N) is 2. The Labute approximate surface area is 154 Å². The van der Waals surface area contributed by atoms with Crippen molar-refractivity contribution in [2.75, 3.05) is 18.4 Å². The van der Waals surface area contributed by atoms with E-state index in [9.17, 15) is 14.0 Å². The first-order valence-electron chi connectivity index (χ1n) is 8.20. The van der Waals surface area contributed by atoms with Gasteiger partial charge in [-0.05, 0) is 31.9 Å². The van der Waals surface area contributed by atoms with Gasteiger partial charge in [0.2, 0.25) is 5.89 Å². The van der Waals surface area contributed by atoms with Crippen LogP contribution in [-0.2, 0) is 6.54 Å². The number of carbonyl (C=O) groups excluding carboxylic acids is 2. The van der Waals surface area contributed by atoms with Crippen molar-refractivity contribution >= 4 is 29.2 Å². The van der Waals surface area contributed by atoms with Crippen LogP contribution in [0.2, 0.25) is 5.02 Å². The lowest BCUT2D eigenvalue weighted by molar-refractivity contribution is 0.0786. The van der Waals surface area contributed by atoms with Gasteiger partial charge in [0.15, 0.2) is 11.5 Å². The number of amides is 3. The van der Waals surface area contributed by atoms with Gasteiger partial charge >= 0.3 is 6.03 Å². The van der Waals surface area contributed by atoms with E-state index in [1.165, 1.54) is 18.2 Å². The minimum absolute atomic E-state index is 0.0384. The Morgan fingerprint density at radius 3 is 2.81 bits per heavy atom. The predicted molar refractivity (Wildman–Crippen MR) is 93.6 cm³/mol. The fourth-order valence-corrected chi connectivity index (χ4v) is 2.89. The maximum absolute atomic E-state index is 13.8. The lowest BCUT2D eigenvalue weighted by Gasteiger charge is -2.13. The summed E-state index contributed by atoms with van der Waals surface area (Å²) in [5.41, 5.74) is 0.216. The molecule has 0 saturated carbocycles. The predicted octanol–water partition coefficient (Wildman–Crippen LogP) is 3.33. The number of halogens is 2. The molecule has 1 aliphatic heterocycles. The van der Waals surface area contributed by atoms with E-state index >= 15 is 0 Å². The first kappa shape index (κ1) is 18.2. The maximum atomic E-state index is 13.8. The third-order valence-electron chi connectivity index (χ3n) is 4.04. The number of likely N-dealkylation sites (tertiary alicyclic amines) is 1. The first-order chi connectivity index (χ1) is 12.5. The number of rotatable bonds is 4. The Balaban J connectivity index is 1.59. The summed E-state index contributed by atoms with van der Waals surface area (Å²) in [6.07, 6.45) is 1.97. The number of aromatic nitrogens is 1. The lowest BCUT2D eigenvalue weighted by atomic mass is 10.3. The highest BCUT2D eigenvalue weighted by Crippen LogP contribution is 2.22. The summed E-state index contributed by atoms with van der Waals surface area (Å²) in [4.78, 5) is 30.2. The molecule has 0 atom stereocenters. The van der Waals surface area contributed by atoms with Crippen molar-refractivity contribution in [2.45, 2.75) is 26.3 Å². The molecule has 138 valence electrons. The van der Waals surface area contributed by atoms with Gasteiger partial charge in [0, 0.05) is 13.1 Å². The number of urea groups is 1. The fraction of sp³-hybridized carbons (Fsp3) is 0.353. The van der Waals surface area contributed by atoms with E-state index in [1.54, 1.807) is 11.8 Å².